The summed E-state index contributed by atoms with van der Waals surface area (Å²) in [6.45, 7) is 7.89. The summed E-state index contributed by atoms with van der Waals surface area (Å²) in [5, 5.41) is 11.9. The number of halogens is 1. The molecule has 0 spiro atoms. The van der Waals surface area contributed by atoms with Crippen molar-refractivity contribution in [3.05, 3.63) is 88.7 Å². The SMILES string of the molecule is Cc1cc(C)cc(Nc2nc(NCC(=O)Nc3ccccc3F)nc(Nc3cc(C)cc(C)c3)n2)c1. The summed E-state index contributed by atoms with van der Waals surface area (Å²) in [5.74, 6) is -0.149. The number of anilines is 6. The number of aromatic nitrogens is 3. The van der Waals surface area contributed by atoms with Crippen molar-refractivity contribution in [3.63, 3.8) is 0 Å². The van der Waals surface area contributed by atoms with Crippen molar-refractivity contribution < 1.29 is 9.18 Å². The maximum atomic E-state index is 13.9. The maximum absolute atomic E-state index is 13.9. The molecule has 0 radical (unpaired) electrons. The van der Waals surface area contributed by atoms with Gasteiger partial charge in [-0.3, -0.25) is 4.79 Å². The first kappa shape index (κ1) is 24.6. The van der Waals surface area contributed by atoms with Gasteiger partial charge in [0.05, 0.1) is 12.2 Å². The summed E-state index contributed by atoms with van der Waals surface area (Å²) in [6, 6.07) is 18.1. The second-order valence-corrected chi connectivity index (χ2v) is 8.69. The van der Waals surface area contributed by atoms with Gasteiger partial charge in [0.25, 0.3) is 0 Å². The minimum Gasteiger partial charge on any atom is -0.345 e. The third-order valence-corrected chi connectivity index (χ3v) is 5.15. The van der Waals surface area contributed by atoms with E-state index in [1.807, 2.05) is 52.0 Å². The van der Waals surface area contributed by atoms with Crippen LogP contribution in [0.4, 0.5) is 39.3 Å². The van der Waals surface area contributed by atoms with Gasteiger partial charge in [-0.05, 0) is 86.3 Å². The number of nitrogens with zero attached hydrogens (tertiary/aromatic N) is 3. The molecule has 1 amide bonds. The third kappa shape index (κ3) is 6.75. The average molecular weight is 486 g/mol. The molecule has 0 aliphatic rings. The van der Waals surface area contributed by atoms with Gasteiger partial charge in [0.1, 0.15) is 5.82 Å². The molecule has 4 N–H and O–H groups in total. The molecule has 0 unspecified atom stereocenters. The molecule has 0 saturated heterocycles. The summed E-state index contributed by atoms with van der Waals surface area (Å²) in [7, 11) is 0. The highest BCUT2D eigenvalue weighted by molar-refractivity contribution is 5.93. The number of benzene rings is 3. The van der Waals surface area contributed by atoms with Gasteiger partial charge >= 0.3 is 0 Å². The molecule has 0 atom stereocenters. The molecular formula is C27H28FN7O. The molecule has 0 fully saturated rings. The van der Waals surface area contributed by atoms with Gasteiger partial charge in [0.2, 0.25) is 23.8 Å². The average Bonchev–Trinajstić information content (AvgIpc) is 2.78. The van der Waals surface area contributed by atoms with E-state index in [0.717, 1.165) is 33.6 Å². The second-order valence-electron chi connectivity index (χ2n) is 8.69. The summed E-state index contributed by atoms with van der Waals surface area (Å²) in [6.07, 6.45) is 0. The van der Waals surface area contributed by atoms with E-state index < -0.39 is 11.7 Å². The molecule has 8 nitrogen and oxygen atoms in total. The number of carbonyl (C=O) groups is 1. The molecule has 0 aliphatic carbocycles. The van der Waals surface area contributed by atoms with Crippen molar-refractivity contribution in [2.45, 2.75) is 27.7 Å². The van der Waals surface area contributed by atoms with Gasteiger partial charge in [0.15, 0.2) is 0 Å². The topological polar surface area (TPSA) is 104 Å². The summed E-state index contributed by atoms with van der Waals surface area (Å²) in [4.78, 5) is 25.8. The fourth-order valence-electron chi connectivity index (χ4n) is 3.84. The van der Waals surface area contributed by atoms with Crippen LogP contribution in [0.3, 0.4) is 0 Å². The summed E-state index contributed by atoms with van der Waals surface area (Å²) < 4.78 is 13.9. The zero-order chi connectivity index (χ0) is 25.7. The smallest absolute Gasteiger partial charge is 0.243 e. The molecule has 36 heavy (non-hydrogen) atoms. The Labute approximate surface area is 209 Å². The Hall–Kier alpha value is -4.53. The highest BCUT2D eigenvalue weighted by Crippen LogP contribution is 2.22. The zero-order valence-corrected chi connectivity index (χ0v) is 20.6. The van der Waals surface area contributed by atoms with E-state index in [0.29, 0.717) is 11.9 Å². The normalized spacial score (nSPS) is 10.6. The third-order valence-electron chi connectivity index (χ3n) is 5.15. The predicted octanol–water partition coefficient (Wildman–Crippen LogP) is 5.78. The molecule has 0 aliphatic heterocycles. The van der Waals surface area contributed by atoms with E-state index in [1.54, 1.807) is 12.1 Å². The standard InChI is InChI=1S/C27H28FN7O/c1-16-9-17(2)12-20(11-16)30-26-33-25(29-15-24(36)32-23-8-6-5-7-22(23)28)34-27(35-26)31-21-13-18(3)10-19(4)14-21/h5-14H,15H2,1-4H3,(H,32,36)(H3,29,30,31,33,34,35). The lowest BCUT2D eigenvalue weighted by molar-refractivity contribution is -0.114. The number of hydrogen-bond donors (Lipinski definition) is 4. The fraction of sp³-hybridized carbons (Fsp3) is 0.185. The van der Waals surface area contributed by atoms with E-state index in [1.165, 1.54) is 12.1 Å². The zero-order valence-electron chi connectivity index (χ0n) is 20.6. The molecule has 4 aromatic rings. The summed E-state index contributed by atoms with van der Waals surface area (Å²) >= 11 is 0. The van der Waals surface area contributed by atoms with Crippen molar-refractivity contribution in [2.24, 2.45) is 0 Å². The van der Waals surface area contributed by atoms with Crippen molar-refractivity contribution in [3.8, 4) is 0 Å². The van der Waals surface area contributed by atoms with E-state index in [9.17, 15) is 9.18 Å². The Kier molecular flexibility index (Phi) is 7.39. The fourth-order valence-corrected chi connectivity index (χ4v) is 3.84. The van der Waals surface area contributed by atoms with Crippen molar-refractivity contribution in [1.82, 2.24) is 15.0 Å². The Balaban J connectivity index is 1.57. The largest absolute Gasteiger partial charge is 0.345 e. The van der Waals surface area contributed by atoms with E-state index >= 15 is 0 Å². The van der Waals surface area contributed by atoms with Crippen molar-refractivity contribution in [1.29, 1.82) is 0 Å². The number of amides is 1. The molecule has 4 rings (SSSR count). The molecule has 3 aromatic carbocycles. The maximum Gasteiger partial charge on any atom is 0.243 e. The van der Waals surface area contributed by atoms with Gasteiger partial charge in [-0.1, -0.05) is 24.3 Å². The van der Waals surface area contributed by atoms with E-state index in [4.69, 9.17) is 0 Å². The van der Waals surface area contributed by atoms with Gasteiger partial charge in [-0.25, -0.2) is 4.39 Å². The number of nitrogens with one attached hydrogen (secondary N) is 4. The first-order valence-corrected chi connectivity index (χ1v) is 11.5. The monoisotopic (exact) mass is 485 g/mol. The van der Waals surface area contributed by atoms with E-state index in [-0.39, 0.29) is 18.2 Å². The van der Waals surface area contributed by atoms with E-state index in [2.05, 4.69) is 48.4 Å². The lowest BCUT2D eigenvalue weighted by atomic mass is 10.1. The quantitative estimate of drug-likeness (QED) is 0.251. The lowest BCUT2D eigenvalue weighted by Crippen LogP contribution is -2.23. The molecule has 1 heterocycles. The van der Waals surface area contributed by atoms with Crippen molar-refractivity contribution >= 4 is 40.8 Å². The second kappa shape index (κ2) is 10.8. The van der Waals surface area contributed by atoms with Crippen LogP contribution in [-0.2, 0) is 4.79 Å². The van der Waals surface area contributed by atoms with Crippen LogP contribution in [0, 0.1) is 33.5 Å². The first-order valence-electron chi connectivity index (χ1n) is 11.5. The molecule has 9 heteroatoms. The van der Waals surface area contributed by atoms with Crippen LogP contribution in [0.1, 0.15) is 22.3 Å². The van der Waals surface area contributed by atoms with Crippen LogP contribution in [-0.4, -0.2) is 27.4 Å². The Bertz CT molecular complexity index is 1290. The van der Waals surface area contributed by atoms with Crippen LogP contribution in [0.15, 0.2) is 60.7 Å². The van der Waals surface area contributed by atoms with Gasteiger partial charge in [0, 0.05) is 11.4 Å². The number of para-hydroxylation sites is 1. The molecule has 0 bridgehead atoms. The molecule has 0 saturated carbocycles. The predicted molar refractivity (Wildman–Crippen MR) is 142 cm³/mol. The number of rotatable bonds is 8. The van der Waals surface area contributed by atoms with Crippen LogP contribution < -0.4 is 21.3 Å². The van der Waals surface area contributed by atoms with Gasteiger partial charge in [-0.15, -0.1) is 0 Å². The van der Waals surface area contributed by atoms with Crippen LogP contribution in [0.25, 0.3) is 0 Å². The lowest BCUT2D eigenvalue weighted by Gasteiger charge is -2.13. The van der Waals surface area contributed by atoms with Crippen LogP contribution in [0.5, 0.6) is 0 Å². The number of hydrogen-bond acceptors (Lipinski definition) is 7. The first-order chi connectivity index (χ1) is 17.2. The Morgan fingerprint density at radius 2 is 1.19 bits per heavy atom. The Morgan fingerprint density at radius 1 is 0.722 bits per heavy atom. The van der Waals surface area contributed by atoms with Crippen LogP contribution >= 0.6 is 0 Å². The van der Waals surface area contributed by atoms with Gasteiger partial charge in [-0.2, -0.15) is 15.0 Å². The minimum absolute atomic E-state index is 0.106. The number of carbonyl (C=O) groups excluding carboxylic acids is 1. The summed E-state index contributed by atoms with van der Waals surface area (Å²) in [5.41, 5.74) is 6.17. The van der Waals surface area contributed by atoms with Gasteiger partial charge < -0.3 is 21.3 Å². The highest BCUT2D eigenvalue weighted by atomic mass is 19.1. The molecule has 184 valence electrons. The number of aryl methyl sites for hydroxylation is 4. The molecular weight excluding hydrogens is 457 g/mol. The minimum atomic E-state index is -0.508. The molecule has 1 aromatic heterocycles. The van der Waals surface area contributed by atoms with Crippen molar-refractivity contribution in [2.75, 3.05) is 27.8 Å². The Morgan fingerprint density at radius 3 is 1.69 bits per heavy atom. The highest BCUT2D eigenvalue weighted by Gasteiger charge is 2.11. The van der Waals surface area contributed by atoms with Crippen LogP contribution in [0.2, 0.25) is 0 Å².